The quantitative estimate of drug-likeness (QED) is 0.530. The van der Waals surface area contributed by atoms with Crippen LogP contribution < -0.4 is 0 Å². The van der Waals surface area contributed by atoms with Gasteiger partial charge in [0.2, 0.25) is 0 Å². The van der Waals surface area contributed by atoms with Crippen LogP contribution in [0.5, 0.6) is 0 Å². The number of carbonyl (C=O) groups is 1. The smallest absolute Gasteiger partial charge is 0.146 e. The fourth-order valence-corrected chi connectivity index (χ4v) is 1.29. The van der Waals surface area contributed by atoms with Crippen molar-refractivity contribution in [2.45, 2.75) is 33.2 Å². The Balaban J connectivity index is 2.89. The van der Waals surface area contributed by atoms with E-state index in [1.807, 2.05) is 13.0 Å². The van der Waals surface area contributed by atoms with Crippen molar-refractivity contribution in [1.82, 2.24) is 9.55 Å². The summed E-state index contributed by atoms with van der Waals surface area (Å²) in [5.74, 6) is 0. The molecule has 1 aromatic rings. The topological polar surface area (TPSA) is 34.9 Å². The molecule has 0 saturated carbocycles. The zero-order valence-electron chi connectivity index (χ0n) is 8.73. The van der Waals surface area contributed by atoms with Crippen LogP contribution in [0.4, 0.5) is 0 Å². The zero-order chi connectivity index (χ0) is 10.4. The molecule has 0 aliphatic rings. The highest BCUT2D eigenvalue weighted by Crippen LogP contribution is 2.08. The maximum Gasteiger partial charge on any atom is 0.146 e. The molecule has 1 aromatic heterocycles. The van der Waals surface area contributed by atoms with Crippen LogP contribution in [0.15, 0.2) is 18.1 Å². The molecule has 0 atom stereocenters. The Bertz CT molecular complexity index is 326. The second-order valence-electron chi connectivity index (χ2n) is 3.20. The van der Waals surface area contributed by atoms with Crippen molar-refractivity contribution in [2.24, 2.45) is 0 Å². The Morgan fingerprint density at radius 1 is 1.57 bits per heavy atom. The van der Waals surface area contributed by atoms with E-state index in [-0.39, 0.29) is 0 Å². The highest BCUT2D eigenvalue weighted by atomic mass is 16.1. The lowest BCUT2D eigenvalue weighted by Crippen LogP contribution is -1.97. The molecule has 0 aliphatic heterocycles. The van der Waals surface area contributed by atoms with E-state index in [0.717, 1.165) is 36.9 Å². The van der Waals surface area contributed by atoms with Crippen LogP contribution in [0.2, 0.25) is 0 Å². The van der Waals surface area contributed by atoms with E-state index in [0.29, 0.717) is 0 Å². The van der Waals surface area contributed by atoms with Crippen molar-refractivity contribution < 1.29 is 4.79 Å². The molecule has 1 heterocycles. The van der Waals surface area contributed by atoms with Crippen molar-refractivity contribution in [1.29, 1.82) is 0 Å². The summed E-state index contributed by atoms with van der Waals surface area (Å²) in [6.07, 6.45) is 8.22. The van der Waals surface area contributed by atoms with E-state index in [4.69, 9.17) is 0 Å². The first-order chi connectivity index (χ1) is 6.81. The third kappa shape index (κ3) is 2.55. The molecule has 0 unspecified atom stereocenters. The van der Waals surface area contributed by atoms with Crippen molar-refractivity contribution in [3.8, 4) is 0 Å². The molecule has 0 aromatic carbocycles. The van der Waals surface area contributed by atoms with Crippen LogP contribution in [-0.2, 0) is 11.3 Å². The number of hydrogen-bond donors (Lipinski definition) is 0. The molecule has 3 heteroatoms. The number of aldehydes is 1. The Morgan fingerprint density at radius 2 is 2.36 bits per heavy atom. The number of aromatic nitrogens is 2. The summed E-state index contributed by atoms with van der Waals surface area (Å²) in [7, 11) is 0. The molecule has 14 heavy (non-hydrogen) atoms. The summed E-state index contributed by atoms with van der Waals surface area (Å²) in [5, 5.41) is 0. The predicted octanol–water partition coefficient (Wildman–Crippen LogP) is 2.29. The van der Waals surface area contributed by atoms with Gasteiger partial charge in [0.15, 0.2) is 0 Å². The Morgan fingerprint density at radius 3 is 2.93 bits per heavy atom. The lowest BCUT2D eigenvalue weighted by molar-refractivity contribution is -0.104. The number of allylic oxidation sites excluding steroid dienone is 1. The first-order valence-electron chi connectivity index (χ1n) is 4.97. The summed E-state index contributed by atoms with van der Waals surface area (Å²) in [6.45, 7) is 5.04. The van der Waals surface area contributed by atoms with Crippen molar-refractivity contribution in [3.05, 3.63) is 23.8 Å². The van der Waals surface area contributed by atoms with Crippen LogP contribution in [0, 0.1) is 0 Å². The minimum absolute atomic E-state index is 0.765. The normalized spacial score (nSPS) is 11.7. The molecule has 0 saturated heterocycles. The lowest BCUT2D eigenvalue weighted by atomic mass is 10.2. The second-order valence-corrected chi connectivity index (χ2v) is 3.20. The van der Waals surface area contributed by atoms with Gasteiger partial charge in [-0.3, -0.25) is 4.79 Å². The number of imidazole rings is 1. The highest BCUT2D eigenvalue weighted by Gasteiger charge is 1.99. The summed E-state index contributed by atoms with van der Waals surface area (Å²) >= 11 is 0. The number of rotatable bonds is 5. The van der Waals surface area contributed by atoms with E-state index in [1.54, 1.807) is 12.5 Å². The van der Waals surface area contributed by atoms with E-state index in [9.17, 15) is 4.79 Å². The maximum atomic E-state index is 10.6. The first kappa shape index (κ1) is 10.7. The van der Waals surface area contributed by atoms with E-state index in [1.165, 1.54) is 0 Å². The third-order valence-electron chi connectivity index (χ3n) is 2.10. The minimum atomic E-state index is 0.765. The van der Waals surface area contributed by atoms with Gasteiger partial charge in [0.1, 0.15) is 6.29 Å². The molecule has 0 N–H and O–H groups in total. The van der Waals surface area contributed by atoms with Crippen LogP contribution in [-0.4, -0.2) is 15.8 Å². The average molecular weight is 192 g/mol. The summed E-state index contributed by atoms with van der Waals surface area (Å²) in [4.78, 5) is 14.7. The van der Waals surface area contributed by atoms with Gasteiger partial charge < -0.3 is 4.57 Å². The molecule has 0 bridgehead atoms. The Hall–Kier alpha value is -1.38. The fourth-order valence-electron chi connectivity index (χ4n) is 1.29. The SMILES string of the molecule is CCCn1cncc1C=C(C=O)CC. The van der Waals surface area contributed by atoms with Gasteiger partial charge in [-0.2, -0.15) is 0 Å². The molecule has 0 aliphatic carbocycles. The minimum Gasteiger partial charge on any atom is -0.331 e. The number of aryl methyl sites for hydroxylation is 1. The largest absolute Gasteiger partial charge is 0.331 e. The van der Waals surface area contributed by atoms with E-state index < -0.39 is 0 Å². The molecule has 1 rings (SSSR count). The van der Waals surface area contributed by atoms with E-state index >= 15 is 0 Å². The molecule has 0 amide bonds. The summed E-state index contributed by atoms with van der Waals surface area (Å²) in [6, 6.07) is 0. The first-order valence-corrected chi connectivity index (χ1v) is 4.97. The van der Waals surface area contributed by atoms with Crippen molar-refractivity contribution in [3.63, 3.8) is 0 Å². The maximum absolute atomic E-state index is 10.6. The van der Waals surface area contributed by atoms with Crippen LogP contribution in [0.25, 0.3) is 6.08 Å². The van der Waals surface area contributed by atoms with E-state index in [2.05, 4.69) is 16.5 Å². The standard InChI is InChI=1S/C11H16N2O/c1-3-5-13-9-12-7-11(13)6-10(4-2)8-14/h6-9H,3-5H2,1-2H3. The number of nitrogens with zero attached hydrogens (tertiary/aromatic N) is 2. The molecule has 76 valence electrons. The van der Waals surface area contributed by atoms with Gasteiger partial charge in [-0.05, 0) is 24.5 Å². The van der Waals surface area contributed by atoms with Gasteiger partial charge in [-0.1, -0.05) is 13.8 Å². The van der Waals surface area contributed by atoms with Crippen molar-refractivity contribution >= 4 is 12.4 Å². The van der Waals surface area contributed by atoms with Crippen LogP contribution in [0.3, 0.4) is 0 Å². The predicted molar refractivity (Wildman–Crippen MR) is 56.9 cm³/mol. The third-order valence-corrected chi connectivity index (χ3v) is 2.10. The number of carbonyl (C=O) groups excluding carboxylic acids is 1. The average Bonchev–Trinajstić information content (AvgIpc) is 2.62. The Kier molecular flexibility index (Phi) is 4.11. The molecule has 0 radical (unpaired) electrons. The van der Waals surface area contributed by atoms with Gasteiger partial charge in [0.05, 0.1) is 18.2 Å². The molecule has 0 spiro atoms. The van der Waals surface area contributed by atoms with Gasteiger partial charge in [-0.25, -0.2) is 4.98 Å². The van der Waals surface area contributed by atoms with Gasteiger partial charge in [0, 0.05) is 6.54 Å². The Labute approximate surface area is 84.5 Å². The van der Waals surface area contributed by atoms with Gasteiger partial charge in [-0.15, -0.1) is 0 Å². The van der Waals surface area contributed by atoms with Gasteiger partial charge in [0.25, 0.3) is 0 Å². The van der Waals surface area contributed by atoms with Crippen LogP contribution >= 0.6 is 0 Å². The summed E-state index contributed by atoms with van der Waals surface area (Å²) in [5.41, 5.74) is 1.82. The lowest BCUT2D eigenvalue weighted by Gasteiger charge is -2.02. The molecular formula is C11H16N2O. The zero-order valence-corrected chi connectivity index (χ0v) is 8.73. The molecule has 3 nitrogen and oxygen atoms in total. The summed E-state index contributed by atoms with van der Waals surface area (Å²) < 4.78 is 2.05. The molecule has 0 fully saturated rings. The van der Waals surface area contributed by atoms with Gasteiger partial charge >= 0.3 is 0 Å². The molecular weight excluding hydrogens is 176 g/mol. The second kappa shape index (κ2) is 5.37. The highest BCUT2D eigenvalue weighted by molar-refractivity contribution is 5.80. The van der Waals surface area contributed by atoms with Crippen molar-refractivity contribution in [2.75, 3.05) is 0 Å². The fraction of sp³-hybridized carbons (Fsp3) is 0.455. The number of hydrogen-bond acceptors (Lipinski definition) is 2. The van der Waals surface area contributed by atoms with Crippen LogP contribution in [0.1, 0.15) is 32.4 Å². The monoisotopic (exact) mass is 192 g/mol.